The molecule has 0 bridgehead atoms. The van der Waals surface area contributed by atoms with Crippen molar-refractivity contribution in [1.82, 2.24) is 0 Å². The zero-order chi connectivity index (χ0) is 18.5. The predicted octanol–water partition coefficient (Wildman–Crippen LogP) is 3.69. The highest BCUT2D eigenvalue weighted by molar-refractivity contribution is 6.03. The van der Waals surface area contributed by atoms with Crippen LogP contribution in [0.1, 0.15) is 47.5 Å². The van der Waals surface area contributed by atoms with Crippen molar-refractivity contribution in [2.75, 3.05) is 18.1 Å². The number of hydrogen-bond acceptors (Lipinski definition) is 3. The second-order valence-electron chi connectivity index (χ2n) is 6.53. The normalized spacial score (nSPS) is 15.3. The van der Waals surface area contributed by atoms with Crippen LogP contribution < -0.4 is 4.90 Å². The highest BCUT2D eigenvalue weighted by atomic mass is 19.1. The van der Waals surface area contributed by atoms with Gasteiger partial charge in [-0.3, -0.25) is 9.59 Å². The summed E-state index contributed by atoms with van der Waals surface area (Å²) in [4.78, 5) is 26.8. The zero-order valence-corrected chi connectivity index (χ0v) is 14.5. The molecule has 5 heteroatoms. The van der Waals surface area contributed by atoms with Crippen molar-refractivity contribution in [1.29, 1.82) is 0 Å². The van der Waals surface area contributed by atoms with Crippen LogP contribution in [-0.4, -0.2) is 29.9 Å². The number of amides is 1. The van der Waals surface area contributed by atoms with Gasteiger partial charge >= 0.3 is 0 Å². The summed E-state index contributed by atoms with van der Waals surface area (Å²) < 4.78 is 13.2. The molecule has 2 aromatic carbocycles. The summed E-state index contributed by atoms with van der Waals surface area (Å²) in [6.07, 6.45) is 2.32. The molecule has 1 N–H and O–H groups in total. The number of Topliss-reactive ketones (excluding diaryl/α,β-unsaturated/α-hetero) is 1. The standard InChI is InChI=1S/C21H22FNO3/c22-17-10-8-15(9-11-17)19(6-3-13-24)21(26)16-4-1-5-18(14-16)23-12-2-7-20(23)25/h1,4-5,8-11,14,19,24H,2-3,6-7,12-13H2/t19-/m1/s1. The van der Waals surface area contributed by atoms with Crippen LogP contribution in [-0.2, 0) is 4.79 Å². The Morgan fingerprint density at radius 1 is 1.19 bits per heavy atom. The van der Waals surface area contributed by atoms with Crippen LogP contribution in [0.4, 0.5) is 10.1 Å². The molecule has 26 heavy (non-hydrogen) atoms. The van der Waals surface area contributed by atoms with E-state index in [9.17, 15) is 14.0 Å². The van der Waals surface area contributed by atoms with Crippen LogP contribution in [0.25, 0.3) is 0 Å². The van der Waals surface area contributed by atoms with Crippen molar-refractivity contribution in [3.05, 3.63) is 65.5 Å². The SMILES string of the molecule is O=C(c1cccc(N2CCCC2=O)c1)[C@H](CCCO)c1ccc(F)cc1. The molecule has 1 saturated heterocycles. The van der Waals surface area contributed by atoms with Gasteiger partial charge in [0.1, 0.15) is 5.82 Å². The van der Waals surface area contributed by atoms with E-state index >= 15 is 0 Å². The highest BCUT2D eigenvalue weighted by Crippen LogP contribution is 2.29. The van der Waals surface area contributed by atoms with E-state index in [1.165, 1.54) is 12.1 Å². The third-order valence-electron chi connectivity index (χ3n) is 4.76. The number of halogens is 1. The lowest BCUT2D eigenvalue weighted by molar-refractivity contribution is -0.117. The van der Waals surface area contributed by atoms with Crippen LogP contribution >= 0.6 is 0 Å². The maximum atomic E-state index is 13.2. The van der Waals surface area contributed by atoms with E-state index in [4.69, 9.17) is 5.11 Å². The van der Waals surface area contributed by atoms with Crippen molar-refractivity contribution in [2.24, 2.45) is 0 Å². The molecule has 3 rings (SSSR count). The first-order valence-corrected chi connectivity index (χ1v) is 8.91. The van der Waals surface area contributed by atoms with Crippen molar-refractivity contribution in [3.63, 3.8) is 0 Å². The number of carbonyl (C=O) groups is 2. The lowest BCUT2D eigenvalue weighted by Gasteiger charge is -2.19. The molecule has 4 nitrogen and oxygen atoms in total. The zero-order valence-electron chi connectivity index (χ0n) is 14.5. The van der Waals surface area contributed by atoms with Gasteiger partial charge in [0.15, 0.2) is 5.78 Å². The second-order valence-corrected chi connectivity index (χ2v) is 6.53. The molecule has 1 aliphatic heterocycles. The van der Waals surface area contributed by atoms with Gasteiger partial charge in [-0.25, -0.2) is 4.39 Å². The summed E-state index contributed by atoms with van der Waals surface area (Å²) in [6.45, 7) is 0.662. The van der Waals surface area contributed by atoms with Crippen LogP contribution in [0.2, 0.25) is 0 Å². The van der Waals surface area contributed by atoms with Crippen molar-refractivity contribution in [3.8, 4) is 0 Å². The number of aliphatic hydroxyl groups is 1. The summed E-state index contributed by atoms with van der Waals surface area (Å²) >= 11 is 0. The first-order chi connectivity index (χ1) is 12.6. The van der Waals surface area contributed by atoms with E-state index in [0.717, 1.165) is 17.7 Å². The van der Waals surface area contributed by atoms with Crippen molar-refractivity contribution >= 4 is 17.4 Å². The van der Waals surface area contributed by atoms with Gasteiger partial charge in [-0.2, -0.15) is 0 Å². The Balaban J connectivity index is 1.88. The van der Waals surface area contributed by atoms with Gasteiger partial charge in [0.2, 0.25) is 5.91 Å². The van der Waals surface area contributed by atoms with E-state index in [1.54, 1.807) is 35.2 Å². The largest absolute Gasteiger partial charge is 0.396 e. The van der Waals surface area contributed by atoms with Crippen molar-refractivity contribution < 1.29 is 19.1 Å². The number of rotatable bonds is 7. The fourth-order valence-corrected chi connectivity index (χ4v) is 3.39. The molecule has 1 fully saturated rings. The van der Waals surface area contributed by atoms with Gasteiger partial charge in [0.05, 0.1) is 0 Å². The van der Waals surface area contributed by atoms with Crippen molar-refractivity contribution in [2.45, 2.75) is 31.6 Å². The number of benzene rings is 2. The minimum Gasteiger partial charge on any atom is -0.396 e. The molecule has 0 saturated carbocycles. The Morgan fingerprint density at radius 2 is 1.96 bits per heavy atom. The quantitative estimate of drug-likeness (QED) is 0.771. The van der Waals surface area contributed by atoms with Gasteiger partial charge in [-0.1, -0.05) is 24.3 Å². The Labute approximate surface area is 152 Å². The average molecular weight is 355 g/mol. The lowest BCUT2D eigenvalue weighted by Crippen LogP contribution is -2.24. The first kappa shape index (κ1) is 18.3. The fraction of sp³-hybridized carbons (Fsp3) is 0.333. The molecular formula is C21H22FNO3. The number of aliphatic hydroxyl groups excluding tert-OH is 1. The number of carbonyl (C=O) groups excluding carboxylic acids is 2. The molecule has 2 aromatic rings. The second kappa shape index (κ2) is 8.23. The Bertz CT molecular complexity index is 788. The maximum Gasteiger partial charge on any atom is 0.227 e. The van der Waals surface area contributed by atoms with Gasteiger partial charge < -0.3 is 10.0 Å². The predicted molar refractivity (Wildman–Crippen MR) is 97.8 cm³/mol. The summed E-state index contributed by atoms with van der Waals surface area (Å²) in [5.41, 5.74) is 1.99. The summed E-state index contributed by atoms with van der Waals surface area (Å²) in [5.74, 6) is -0.813. The van der Waals surface area contributed by atoms with Crippen LogP contribution in [0.15, 0.2) is 48.5 Å². The van der Waals surface area contributed by atoms with E-state index in [2.05, 4.69) is 0 Å². The monoisotopic (exact) mass is 355 g/mol. The Kier molecular flexibility index (Phi) is 5.78. The minimum atomic E-state index is -0.452. The molecule has 0 aliphatic carbocycles. The highest BCUT2D eigenvalue weighted by Gasteiger charge is 2.25. The molecule has 1 heterocycles. The number of anilines is 1. The van der Waals surface area contributed by atoms with E-state index < -0.39 is 5.92 Å². The van der Waals surface area contributed by atoms with Gasteiger partial charge in [0, 0.05) is 36.7 Å². The van der Waals surface area contributed by atoms with Gasteiger partial charge in [-0.05, 0) is 49.1 Å². The molecule has 0 spiro atoms. The van der Waals surface area contributed by atoms with Crippen LogP contribution in [0.3, 0.4) is 0 Å². The smallest absolute Gasteiger partial charge is 0.227 e. The third kappa shape index (κ3) is 3.99. The van der Waals surface area contributed by atoms with Crippen LogP contribution in [0.5, 0.6) is 0 Å². The lowest BCUT2D eigenvalue weighted by atomic mass is 9.87. The molecule has 0 radical (unpaired) electrons. The van der Waals surface area contributed by atoms with Crippen LogP contribution in [0, 0.1) is 5.82 Å². The molecule has 1 atom stereocenters. The summed E-state index contributed by atoms with van der Waals surface area (Å²) in [7, 11) is 0. The number of hydrogen-bond donors (Lipinski definition) is 1. The third-order valence-corrected chi connectivity index (χ3v) is 4.76. The fourth-order valence-electron chi connectivity index (χ4n) is 3.39. The van der Waals surface area contributed by atoms with Gasteiger partial charge in [0.25, 0.3) is 0 Å². The van der Waals surface area contributed by atoms with E-state index in [-0.39, 0.29) is 24.1 Å². The molecule has 0 aromatic heterocycles. The first-order valence-electron chi connectivity index (χ1n) is 8.91. The van der Waals surface area contributed by atoms with E-state index in [0.29, 0.717) is 31.4 Å². The minimum absolute atomic E-state index is 0.00665. The molecule has 1 amide bonds. The maximum absolute atomic E-state index is 13.2. The summed E-state index contributed by atoms with van der Waals surface area (Å²) in [5, 5.41) is 9.16. The van der Waals surface area contributed by atoms with E-state index in [1.807, 2.05) is 6.07 Å². The number of ketones is 1. The molecule has 136 valence electrons. The molecular weight excluding hydrogens is 333 g/mol. The van der Waals surface area contributed by atoms with Gasteiger partial charge in [-0.15, -0.1) is 0 Å². The molecule has 0 unspecified atom stereocenters. The Hall–Kier alpha value is -2.53. The molecule has 1 aliphatic rings. The Morgan fingerprint density at radius 3 is 2.62 bits per heavy atom. The number of nitrogens with zero attached hydrogens (tertiary/aromatic N) is 1. The average Bonchev–Trinajstić information content (AvgIpc) is 3.09. The topological polar surface area (TPSA) is 57.6 Å². The summed E-state index contributed by atoms with van der Waals surface area (Å²) in [6, 6.07) is 13.0.